The second kappa shape index (κ2) is 3.77. The van der Waals surface area contributed by atoms with Gasteiger partial charge < -0.3 is 10.1 Å². The molecule has 14 heavy (non-hydrogen) atoms. The maximum absolute atomic E-state index is 11.1. The quantitative estimate of drug-likeness (QED) is 0.785. The SMILES string of the molecule is O=c1[nH]c(CO)c(-c2ccccc2)s1. The number of thiazole rings is 1. The van der Waals surface area contributed by atoms with Crippen LogP contribution in [-0.4, -0.2) is 10.1 Å². The lowest BCUT2D eigenvalue weighted by Crippen LogP contribution is -1.94. The van der Waals surface area contributed by atoms with Gasteiger partial charge in [-0.15, -0.1) is 0 Å². The molecule has 3 nitrogen and oxygen atoms in total. The van der Waals surface area contributed by atoms with Crippen LogP contribution in [0.2, 0.25) is 0 Å². The molecular weight excluding hydrogens is 198 g/mol. The molecule has 0 spiro atoms. The molecule has 0 fully saturated rings. The molecule has 2 N–H and O–H groups in total. The lowest BCUT2D eigenvalue weighted by atomic mass is 10.2. The topological polar surface area (TPSA) is 53.1 Å². The first-order valence-electron chi connectivity index (χ1n) is 4.19. The van der Waals surface area contributed by atoms with Crippen molar-refractivity contribution in [1.29, 1.82) is 0 Å². The molecule has 4 heteroatoms. The highest BCUT2D eigenvalue weighted by molar-refractivity contribution is 7.13. The van der Waals surface area contributed by atoms with Crippen molar-refractivity contribution < 1.29 is 5.11 Å². The summed E-state index contributed by atoms with van der Waals surface area (Å²) in [5, 5.41) is 9.03. The molecule has 0 bridgehead atoms. The second-order valence-corrected chi connectivity index (χ2v) is 3.83. The van der Waals surface area contributed by atoms with Crippen LogP contribution in [0.4, 0.5) is 0 Å². The monoisotopic (exact) mass is 207 g/mol. The molecule has 0 saturated heterocycles. The molecule has 0 aliphatic heterocycles. The van der Waals surface area contributed by atoms with E-state index in [1.807, 2.05) is 30.3 Å². The minimum absolute atomic E-state index is 0.132. The van der Waals surface area contributed by atoms with Gasteiger partial charge in [-0.2, -0.15) is 0 Å². The standard InChI is InChI=1S/C10H9NO2S/c12-6-8-9(14-10(13)11-8)7-4-2-1-3-5-7/h1-5,12H,6H2,(H,11,13). The number of aliphatic hydroxyl groups excluding tert-OH is 1. The van der Waals surface area contributed by atoms with E-state index in [1.165, 1.54) is 0 Å². The number of hydrogen-bond donors (Lipinski definition) is 2. The Morgan fingerprint density at radius 3 is 2.64 bits per heavy atom. The third-order valence-electron chi connectivity index (χ3n) is 1.92. The highest BCUT2D eigenvalue weighted by atomic mass is 32.1. The van der Waals surface area contributed by atoms with Gasteiger partial charge in [-0.25, -0.2) is 0 Å². The van der Waals surface area contributed by atoms with E-state index in [4.69, 9.17) is 5.11 Å². The number of nitrogens with one attached hydrogen (secondary N) is 1. The van der Waals surface area contributed by atoms with Crippen molar-refractivity contribution in [2.75, 3.05) is 0 Å². The largest absolute Gasteiger partial charge is 0.390 e. The zero-order valence-corrected chi connectivity index (χ0v) is 8.17. The van der Waals surface area contributed by atoms with Crippen LogP contribution in [0.15, 0.2) is 35.1 Å². The third kappa shape index (κ3) is 1.62. The van der Waals surface area contributed by atoms with Gasteiger partial charge in [-0.05, 0) is 5.56 Å². The normalized spacial score (nSPS) is 10.4. The molecule has 1 aromatic heterocycles. The predicted octanol–water partition coefficient (Wildman–Crippen LogP) is 1.60. The smallest absolute Gasteiger partial charge is 0.305 e. The van der Waals surface area contributed by atoms with Crippen LogP contribution in [0.1, 0.15) is 5.69 Å². The van der Waals surface area contributed by atoms with Crippen molar-refractivity contribution >= 4 is 11.3 Å². The van der Waals surface area contributed by atoms with Crippen LogP contribution in [0.3, 0.4) is 0 Å². The summed E-state index contributed by atoms with van der Waals surface area (Å²) < 4.78 is 0. The average Bonchev–Trinajstić information content (AvgIpc) is 2.61. The van der Waals surface area contributed by atoms with Gasteiger partial charge in [0.1, 0.15) is 0 Å². The van der Waals surface area contributed by atoms with Crippen LogP contribution in [0, 0.1) is 0 Å². The summed E-state index contributed by atoms with van der Waals surface area (Å²) in [7, 11) is 0. The van der Waals surface area contributed by atoms with Crippen molar-refractivity contribution in [1.82, 2.24) is 4.98 Å². The lowest BCUT2D eigenvalue weighted by Gasteiger charge is -1.98. The third-order valence-corrected chi connectivity index (χ3v) is 2.89. The maximum atomic E-state index is 11.1. The van der Waals surface area contributed by atoms with Crippen molar-refractivity contribution in [2.24, 2.45) is 0 Å². The number of H-pyrrole nitrogens is 1. The van der Waals surface area contributed by atoms with Crippen LogP contribution in [0.5, 0.6) is 0 Å². The molecule has 0 aliphatic carbocycles. The van der Waals surface area contributed by atoms with Crippen LogP contribution in [0.25, 0.3) is 10.4 Å². The number of aromatic amines is 1. The van der Waals surface area contributed by atoms with E-state index in [-0.39, 0.29) is 11.5 Å². The van der Waals surface area contributed by atoms with Gasteiger partial charge in [0.05, 0.1) is 17.2 Å². The first-order chi connectivity index (χ1) is 6.81. The van der Waals surface area contributed by atoms with Gasteiger partial charge in [0.2, 0.25) is 0 Å². The van der Waals surface area contributed by atoms with Gasteiger partial charge in [0.25, 0.3) is 0 Å². The molecule has 2 rings (SSSR count). The Balaban J connectivity index is 2.56. The van der Waals surface area contributed by atoms with E-state index in [0.717, 1.165) is 21.8 Å². The molecule has 0 atom stereocenters. The number of aromatic nitrogens is 1. The van der Waals surface area contributed by atoms with Crippen molar-refractivity contribution in [3.8, 4) is 10.4 Å². The highest BCUT2D eigenvalue weighted by Crippen LogP contribution is 2.24. The van der Waals surface area contributed by atoms with E-state index >= 15 is 0 Å². The van der Waals surface area contributed by atoms with Gasteiger partial charge in [-0.1, -0.05) is 41.7 Å². The van der Waals surface area contributed by atoms with E-state index in [0.29, 0.717) is 5.69 Å². The Morgan fingerprint density at radius 1 is 1.29 bits per heavy atom. The molecule has 72 valence electrons. The van der Waals surface area contributed by atoms with Crippen molar-refractivity contribution in [3.05, 3.63) is 45.7 Å². The van der Waals surface area contributed by atoms with E-state index in [9.17, 15) is 4.79 Å². The maximum Gasteiger partial charge on any atom is 0.305 e. The molecule has 1 heterocycles. The Morgan fingerprint density at radius 2 is 2.00 bits per heavy atom. The molecule has 2 aromatic rings. The summed E-state index contributed by atoms with van der Waals surface area (Å²) in [5.74, 6) is 0. The van der Waals surface area contributed by atoms with Gasteiger partial charge in [0.15, 0.2) is 0 Å². The van der Waals surface area contributed by atoms with Crippen LogP contribution >= 0.6 is 11.3 Å². The van der Waals surface area contributed by atoms with Gasteiger partial charge in [0, 0.05) is 0 Å². The van der Waals surface area contributed by atoms with Gasteiger partial charge in [-0.3, -0.25) is 4.79 Å². The number of rotatable bonds is 2. The highest BCUT2D eigenvalue weighted by Gasteiger charge is 2.08. The summed E-state index contributed by atoms with van der Waals surface area (Å²) in [5.41, 5.74) is 1.55. The summed E-state index contributed by atoms with van der Waals surface area (Å²) in [4.78, 5) is 14.4. The summed E-state index contributed by atoms with van der Waals surface area (Å²) in [6.45, 7) is -0.136. The fraction of sp³-hybridized carbons (Fsp3) is 0.100. The minimum atomic E-state index is -0.136. The van der Waals surface area contributed by atoms with E-state index in [2.05, 4.69) is 4.98 Å². The second-order valence-electron chi connectivity index (χ2n) is 2.85. The number of aliphatic hydroxyl groups is 1. The fourth-order valence-electron chi connectivity index (χ4n) is 1.29. The van der Waals surface area contributed by atoms with Crippen molar-refractivity contribution in [2.45, 2.75) is 6.61 Å². The zero-order chi connectivity index (χ0) is 9.97. The van der Waals surface area contributed by atoms with E-state index < -0.39 is 0 Å². The summed E-state index contributed by atoms with van der Waals surface area (Å²) in [6.07, 6.45) is 0. The Hall–Kier alpha value is -1.39. The summed E-state index contributed by atoms with van der Waals surface area (Å²) in [6, 6.07) is 9.55. The molecule has 0 saturated carbocycles. The Bertz CT molecular complexity index is 472. The first kappa shape index (κ1) is 9.18. The Kier molecular flexibility index (Phi) is 2.47. The first-order valence-corrected chi connectivity index (χ1v) is 5.01. The summed E-state index contributed by atoms with van der Waals surface area (Å²) >= 11 is 1.12. The lowest BCUT2D eigenvalue weighted by molar-refractivity contribution is 0.278. The molecule has 0 radical (unpaired) electrons. The van der Waals surface area contributed by atoms with Crippen LogP contribution in [-0.2, 0) is 6.61 Å². The minimum Gasteiger partial charge on any atom is -0.390 e. The molecule has 0 amide bonds. The predicted molar refractivity (Wildman–Crippen MR) is 56.3 cm³/mol. The van der Waals surface area contributed by atoms with Gasteiger partial charge >= 0.3 is 4.87 Å². The van der Waals surface area contributed by atoms with Crippen LogP contribution < -0.4 is 4.87 Å². The molecular formula is C10H9NO2S. The zero-order valence-electron chi connectivity index (χ0n) is 7.36. The van der Waals surface area contributed by atoms with Crippen molar-refractivity contribution in [3.63, 3.8) is 0 Å². The molecule has 0 aliphatic rings. The molecule has 0 unspecified atom stereocenters. The average molecular weight is 207 g/mol. The Labute approximate surface area is 84.7 Å². The number of hydrogen-bond acceptors (Lipinski definition) is 3. The van der Waals surface area contributed by atoms with E-state index in [1.54, 1.807) is 0 Å². The fourth-order valence-corrected chi connectivity index (χ4v) is 2.15. The molecule has 1 aromatic carbocycles. The number of benzene rings is 1.